The van der Waals surface area contributed by atoms with Gasteiger partial charge in [0.05, 0.1) is 5.69 Å². The first-order valence-corrected chi connectivity index (χ1v) is 5.52. The summed E-state index contributed by atoms with van der Waals surface area (Å²) in [6.45, 7) is 3.79. The van der Waals surface area contributed by atoms with Crippen LogP contribution in [-0.2, 0) is 0 Å². The number of benzene rings is 1. The number of nitriles is 1. The number of nitrogens with zero attached hydrogens (tertiary/aromatic N) is 2. The Hall–Kier alpha value is -2.54. The van der Waals surface area contributed by atoms with Gasteiger partial charge in [-0.1, -0.05) is 6.07 Å². The molecule has 0 radical (unpaired) electrons. The van der Waals surface area contributed by atoms with Crippen molar-refractivity contribution in [3.05, 3.63) is 47.2 Å². The van der Waals surface area contributed by atoms with E-state index in [1.54, 1.807) is 18.2 Å². The third-order valence-electron chi connectivity index (χ3n) is 2.50. The van der Waals surface area contributed by atoms with Gasteiger partial charge in [0, 0.05) is 5.69 Å². The molecular formula is C14H13N3O. The van der Waals surface area contributed by atoms with Crippen LogP contribution in [0.3, 0.4) is 0 Å². The van der Waals surface area contributed by atoms with Crippen LogP contribution in [0.15, 0.2) is 30.3 Å². The van der Waals surface area contributed by atoms with Gasteiger partial charge in [-0.2, -0.15) is 5.26 Å². The van der Waals surface area contributed by atoms with Crippen LogP contribution in [0.5, 0.6) is 11.6 Å². The van der Waals surface area contributed by atoms with Gasteiger partial charge in [-0.15, -0.1) is 0 Å². The average Bonchev–Trinajstić information content (AvgIpc) is 2.34. The van der Waals surface area contributed by atoms with Crippen molar-refractivity contribution in [2.45, 2.75) is 13.8 Å². The molecule has 0 unspecified atom stereocenters. The van der Waals surface area contributed by atoms with Crippen molar-refractivity contribution in [2.24, 2.45) is 0 Å². The lowest BCUT2D eigenvalue weighted by Gasteiger charge is -2.10. The second-order valence-corrected chi connectivity index (χ2v) is 4.06. The van der Waals surface area contributed by atoms with Gasteiger partial charge in [0.25, 0.3) is 0 Å². The summed E-state index contributed by atoms with van der Waals surface area (Å²) in [6.07, 6.45) is 0. The number of ether oxygens (including phenoxy) is 1. The summed E-state index contributed by atoms with van der Waals surface area (Å²) >= 11 is 0. The Morgan fingerprint density at radius 2 is 2.00 bits per heavy atom. The van der Waals surface area contributed by atoms with E-state index in [0.29, 0.717) is 17.0 Å². The summed E-state index contributed by atoms with van der Waals surface area (Å²) in [5.41, 5.74) is 8.56. The van der Waals surface area contributed by atoms with Gasteiger partial charge in [0.15, 0.2) is 5.75 Å². The van der Waals surface area contributed by atoms with Crippen LogP contribution in [0.25, 0.3) is 0 Å². The number of pyridine rings is 1. The highest BCUT2D eigenvalue weighted by Crippen LogP contribution is 2.29. The fraction of sp³-hybridized carbons (Fsp3) is 0.143. The molecule has 90 valence electrons. The predicted molar refractivity (Wildman–Crippen MR) is 69.4 cm³/mol. The topological polar surface area (TPSA) is 71.9 Å². The van der Waals surface area contributed by atoms with Crippen molar-refractivity contribution in [3.8, 4) is 17.7 Å². The molecule has 0 atom stereocenters. The van der Waals surface area contributed by atoms with Crippen molar-refractivity contribution in [1.29, 1.82) is 5.26 Å². The van der Waals surface area contributed by atoms with Crippen LogP contribution >= 0.6 is 0 Å². The van der Waals surface area contributed by atoms with Crippen LogP contribution in [-0.4, -0.2) is 4.98 Å². The number of aromatic nitrogens is 1. The molecule has 4 heteroatoms. The van der Waals surface area contributed by atoms with E-state index < -0.39 is 0 Å². The minimum Gasteiger partial charge on any atom is -0.435 e. The van der Waals surface area contributed by atoms with Gasteiger partial charge < -0.3 is 10.5 Å². The van der Waals surface area contributed by atoms with Crippen LogP contribution in [0.1, 0.15) is 16.8 Å². The second-order valence-electron chi connectivity index (χ2n) is 4.06. The fourth-order valence-electron chi connectivity index (χ4n) is 1.53. The Labute approximate surface area is 106 Å². The molecule has 0 saturated carbocycles. The zero-order valence-electron chi connectivity index (χ0n) is 10.3. The molecular weight excluding hydrogens is 226 g/mol. The summed E-state index contributed by atoms with van der Waals surface area (Å²) in [4.78, 5) is 4.21. The molecule has 0 bridgehead atoms. The van der Waals surface area contributed by atoms with Crippen LogP contribution in [0, 0.1) is 25.2 Å². The maximum absolute atomic E-state index is 9.01. The van der Waals surface area contributed by atoms with Crippen molar-refractivity contribution < 1.29 is 4.74 Å². The Kier molecular flexibility index (Phi) is 3.16. The lowest BCUT2D eigenvalue weighted by atomic mass is 10.2. The van der Waals surface area contributed by atoms with Crippen molar-refractivity contribution in [3.63, 3.8) is 0 Å². The number of rotatable bonds is 2. The standard InChI is InChI=1S/C14H13N3O/c1-9-3-6-12(16)13(7-9)18-14-11(8-15)5-4-10(2)17-14/h3-7H,16H2,1-2H3. The SMILES string of the molecule is Cc1ccc(N)c(Oc2nc(C)ccc2C#N)c1. The molecule has 0 aliphatic carbocycles. The van der Waals surface area contributed by atoms with E-state index in [9.17, 15) is 0 Å². The third-order valence-corrected chi connectivity index (χ3v) is 2.50. The lowest BCUT2D eigenvalue weighted by molar-refractivity contribution is 0.462. The van der Waals surface area contributed by atoms with Crippen LogP contribution in [0.2, 0.25) is 0 Å². The summed E-state index contributed by atoms with van der Waals surface area (Å²) in [6, 6.07) is 11.0. The maximum Gasteiger partial charge on any atom is 0.237 e. The number of hydrogen-bond donors (Lipinski definition) is 1. The van der Waals surface area contributed by atoms with Crippen molar-refractivity contribution in [2.75, 3.05) is 5.73 Å². The van der Waals surface area contributed by atoms with E-state index in [-0.39, 0.29) is 5.88 Å². The third kappa shape index (κ3) is 2.41. The zero-order chi connectivity index (χ0) is 13.1. The molecule has 0 aliphatic heterocycles. The number of nitrogen functional groups attached to an aromatic ring is 1. The summed E-state index contributed by atoms with van der Waals surface area (Å²) in [5.74, 6) is 0.805. The number of nitrogens with two attached hydrogens (primary N) is 1. The summed E-state index contributed by atoms with van der Waals surface area (Å²) < 4.78 is 5.63. The number of anilines is 1. The Balaban J connectivity index is 2.43. The summed E-state index contributed by atoms with van der Waals surface area (Å²) in [7, 11) is 0. The van der Waals surface area contributed by atoms with Crippen molar-refractivity contribution >= 4 is 5.69 Å². The first-order valence-electron chi connectivity index (χ1n) is 5.52. The van der Waals surface area contributed by atoms with E-state index in [2.05, 4.69) is 4.98 Å². The van der Waals surface area contributed by atoms with E-state index in [1.165, 1.54) is 0 Å². The van der Waals surface area contributed by atoms with Gasteiger partial charge in [-0.05, 0) is 43.7 Å². The zero-order valence-corrected chi connectivity index (χ0v) is 10.3. The normalized spacial score (nSPS) is 9.83. The molecule has 1 aromatic carbocycles. The Bertz CT molecular complexity index is 629. The average molecular weight is 239 g/mol. The molecule has 2 aromatic rings. The maximum atomic E-state index is 9.01. The van der Waals surface area contributed by atoms with E-state index in [1.807, 2.05) is 32.0 Å². The quantitative estimate of drug-likeness (QED) is 0.818. The molecule has 2 rings (SSSR count). The number of aryl methyl sites for hydroxylation is 2. The van der Waals surface area contributed by atoms with Gasteiger partial charge in [-0.25, -0.2) is 4.98 Å². The molecule has 0 spiro atoms. The van der Waals surface area contributed by atoms with Gasteiger partial charge in [0.2, 0.25) is 5.88 Å². The van der Waals surface area contributed by atoms with Gasteiger partial charge in [-0.3, -0.25) is 0 Å². The Morgan fingerprint density at radius 3 is 2.72 bits per heavy atom. The van der Waals surface area contributed by atoms with E-state index in [0.717, 1.165) is 11.3 Å². The molecule has 0 aliphatic rings. The summed E-state index contributed by atoms with van der Waals surface area (Å²) in [5, 5.41) is 9.01. The van der Waals surface area contributed by atoms with Crippen LogP contribution in [0.4, 0.5) is 5.69 Å². The molecule has 18 heavy (non-hydrogen) atoms. The molecule has 1 heterocycles. The highest BCUT2D eigenvalue weighted by Gasteiger charge is 2.09. The Morgan fingerprint density at radius 1 is 1.22 bits per heavy atom. The van der Waals surface area contributed by atoms with Crippen LogP contribution < -0.4 is 10.5 Å². The molecule has 0 amide bonds. The van der Waals surface area contributed by atoms with E-state index in [4.69, 9.17) is 15.7 Å². The minimum absolute atomic E-state index is 0.287. The van der Waals surface area contributed by atoms with Gasteiger partial charge >= 0.3 is 0 Å². The highest BCUT2D eigenvalue weighted by molar-refractivity contribution is 5.55. The van der Waals surface area contributed by atoms with E-state index >= 15 is 0 Å². The number of hydrogen-bond acceptors (Lipinski definition) is 4. The highest BCUT2D eigenvalue weighted by atomic mass is 16.5. The fourth-order valence-corrected chi connectivity index (χ4v) is 1.53. The first kappa shape index (κ1) is 11.9. The molecule has 0 fully saturated rings. The predicted octanol–water partition coefficient (Wildman–Crippen LogP) is 2.94. The second kappa shape index (κ2) is 4.76. The molecule has 0 saturated heterocycles. The van der Waals surface area contributed by atoms with Gasteiger partial charge in [0.1, 0.15) is 11.6 Å². The first-order chi connectivity index (χ1) is 8.60. The molecule has 1 aromatic heterocycles. The monoisotopic (exact) mass is 239 g/mol. The van der Waals surface area contributed by atoms with Crippen molar-refractivity contribution in [1.82, 2.24) is 4.98 Å². The molecule has 4 nitrogen and oxygen atoms in total. The molecule has 2 N–H and O–H groups in total. The lowest BCUT2D eigenvalue weighted by Crippen LogP contribution is -1.97. The minimum atomic E-state index is 0.287. The smallest absolute Gasteiger partial charge is 0.237 e. The largest absolute Gasteiger partial charge is 0.435 e.